The normalized spacial score (nSPS) is 11.1. The molecule has 0 aliphatic rings. The number of carbonyl (C=O) groups is 1. The summed E-state index contributed by atoms with van der Waals surface area (Å²) in [5, 5.41) is 3.27. The van der Waals surface area contributed by atoms with E-state index in [1.807, 2.05) is 12.1 Å². The lowest BCUT2D eigenvalue weighted by atomic mass is 10.1. The maximum atomic E-state index is 12.0. The Morgan fingerprint density at radius 2 is 1.75 bits per heavy atom. The van der Waals surface area contributed by atoms with Gasteiger partial charge in [-0.15, -0.1) is 0 Å². The van der Waals surface area contributed by atoms with E-state index in [0.29, 0.717) is 22.8 Å². The summed E-state index contributed by atoms with van der Waals surface area (Å²) in [5.41, 5.74) is 2.07. The number of hydrogen-bond acceptors (Lipinski definition) is 3. The standard InChI is InChI=1S/C17H19ClN2O3S/c1-24(22,23)20-14-10-8-13(9-11-14)5-4-12-19-17(21)15-6-2-3-7-16(15)18/h2-3,6-11,20H,4-5,12H2,1H3,(H,19,21). The molecule has 1 amide bonds. The van der Waals surface area contributed by atoms with E-state index in [2.05, 4.69) is 10.0 Å². The number of halogens is 1. The SMILES string of the molecule is CS(=O)(=O)Nc1ccc(CCCNC(=O)c2ccccc2Cl)cc1. The van der Waals surface area contributed by atoms with Gasteiger partial charge in [0.1, 0.15) is 0 Å². The van der Waals surface area contributed by atoms with Crippen molar-refractivity contribution in [3.8, 4) is 0 Å². The number of aryl methyl sites for hydroxylation is 1. The molecule has 24 heavy (non-hydrogen) atoms. The Balaban J connectivity index is 1.78. The van der Waals surface area contributed by atoms with Crippen LogP contribution >= 0.6 is 11.6 Å². The molecule has 0 atom stereocenters. The van der Waals surface area contributed by atoms with E-state index in [1.54, 1.807) is 36.4 Å². The lowest BCUT2D eigenvalue weighted by Crippen LogP contribution is -2.25. The highest BCUT2D eigenvalue weighted by Crippen LogP contribution is 2.15. The highest BCUT2D eigenvalue weighted by Gasteiger charge is 2.08. The van der Waals surface area contributed by atoms with Gasteiger partial charge >= 0.3 is 0 Å². The lowest BCUT2D eigenvalue weighted by Gasteiger charge is -2.08. The topological polar surface area (TPSA) is 75.3 Å². The van der Waals surface area contributed by atoms with Crippen LogP contribution in [-0.2, 0) is 16.4 Å². The fourth-order valence-corrected chi connectivity index (χ4v) is 2.97. The van der Waals surface area contributed by atoms with Crippen molar-refractivity contribution >= 4 is 33.2 Å². The van der Waals surface area contributed by atoms with Gasteiger partial charge < -0.3 is 5.32 Å². The van der Waals surface area contributed by atoms with Crippen molar-refractivity contribution in [2.24, 2.45) is 0 Å². The Kier molecular flexibility index (Phi) is 6.23. The Labute approximate surface area is 147 Å². The molecule has 0 aliphatic heterocycles. The van der Waals surface area contributed by atoms with Crippen LogP contribution in [0.1, 0.15) is 22.3 Å². The minimum absolute atomic E-state index is 0.187. The van der Waals surface area contributed by atoms with Crippen LogP contribution in [0.2, 0.25) is 5.02 Å². The summed E-state index contributed by atoms with van der Waals surface area (Å²) >= 11 is 5.98. The highest BCUT2D eigenvalue weighted by atomic mass is 35.5. The van der Waals surface area contributed by atoms with Gasteiger partial charge in [-0.05, 0) is 42.7 Å². The van der Waals surface area contributed by atoms with Gasteiger partial charge in [-0.25, -0.2) is 8.42 Å². The summed E-state index contributed by atoms with van der Waals surface area (Å²) in [5.74, 6) is -0.187. The van der Waals surface area contributed by atoms with Crippen molar-refractivity contribution in [3.63, 3.8) is 0 Å². The van der Waals surface area contributed by atoms with Crippen molar-refractivity contribution in [2.75, 3.05) is 17.5 Å². The molecule has 0 spiro atoms. The van der Waals surface area contributed by atoms with Crippen molar-refractivity contribution in [1.82, 2.24) is 5.32 Å². The first-order valence-electron chi connectivity index (χ1n) is 7.44. The highest BCUT2D eigenvalue weighted by molar-refractivity contribution is 7.92. The molecule has 0 fully saturated rings. The second kappa shape index (κ2) is 8.17. The van der Waals surface area contributed by atoms with E-state index < -0.39 is 10.0 Å². The summed E-state index contributed by atoms with van der Waals surface area (Å²) in [6.07, 6.45) is 2.67. The number of benzene rings is 2. The number of anilines is 1. The minimum atomic E-state index is -3.26. The Bertz CT molecular complexity index is 805. The third kappa shape index (κ3) is 5.86. The van der Waals surface area contributed by atoms with Gasteiger partial charge in [0.15, 0.2) is 0 Å². The first-order valence-corrected chi connectivity index (χ1v) is 9.71. The number of amides is 1. The van der Waals surface area contributed by atoms with Crippen LogP contribution in [0.4, 0.5) is 5.69 Å². The monoisotopic (exact) mass is 366 g/mol. The summed E-state index contributed by atoms with van der Waals surface area (Å²) < 4.78 is 24.7. The maximum Gasteiger partial charge on any atom is 0.252 e. The van der Waals surface area contributed by atoms with E-state index in [1.165, 1.54) is 0 Å². The van der Waals surface area contributed by atoms with E-state index in [4.69, 9.17) is 11.6 Å². The molecular weight excluding hydrogens is 348 g/mol. The molecule has 0 heterocycles. The van der Waals surface area contributed by atoms with Crippen molar-refractivity contribution < 1.29 is 13.2 Å². The van der Waals surface area contributed by atoms with E-state index in [0.717, 1.165) is 24.7 Å². The third-order valence-corrected chi connectivity index (χ3v) is 4.24. The zero-order chi connectivity index (χ0) is 17.6. The fourth-order valence-electron chi connectivity index (χ4n) is 2.19. The molecule has 7 heteroatoms. The minimum Gasteiger partial charge on any atom is -0.352 e. The number of sulfonamides is 1. The van der Waals surface area contributed by atoms with Crippen LogP contribution in [0.3, 0.4) is 0 Å². The number of nitrogens with one attached hydrogen (secondary N) is 2. The summed E-state index contributed by atoms with van der Waals surface area (Å²) in [6, 6.07) is 14.1. The van der Waals surface area contributed by atoms with E-state index in [-0.39, 0.29) is 5.91 Å². The van der Waals surface area contributed by atoms with Crippen LogP contribution in [-0.4, -0.2) is 27.1 Å². The average molecular weight is 367 g/mol. The predicted octanol–water partition coefficient (Wildman–Crippen LogP) is 3.07. The molecule has 5 nitrogen and oxygen atoms in total. The molecule has 0 saturated carbocycles. The van der Waals surface area contributed by atoms with E-state index in [9.17, 15) is 13.2 Å². The van der Waals surface area contributed by atoms with Gasteiger partial charge in [-0.2, -0.15) is 0 Å². The predicted molar refractivity (Wildman–Crippen MR) is 97.0 cm³/mol. The van der Waals surface area contributed by atoms with Crippen molar-refractivity contribution in [2.45, 2.75) is 12.8 Å². The van der Waals surface area contributed by atoms with Crippen molar-refractivity contribution in [3.05, 3.63) is 64.7 Å². The van der Waals surface area contributed by atoms with Crippen LogP contribution in [0, 0.1) is 0 Å². The van der Waals surface area contributed by atoms with Gasteiger partial charge in [0.05, 0.1) is 16.8 Å². The lowest BCUT2D eigenvalue weighted by molar-refractivity contribution is 0.0953. The molecule has 2 aromatic rings. The van der Waals surface area contributed by atoms with Crippen LogP contribution in [0.25, 0.3) is 0 Å². The van der Waals surface area contributed by atoms with E-state index >= 15 is 0 Å². The molecule has 2 aromatic carbocycles. The van der Waals surface area contributed by atoms with Crippen LogP contribution < -0.4 is 10.0 Å². The molecule has 128 valence electrons. The summed E-state index contributed by atoms with van der Waals surface area (Å²) in [4.78, 5) is 12.0. The van der Waals surface area contributed by atoms with Gasteiger partial charge in [-0.1, -0.05) is 35.9 Å². The second-order valence-corrected chi connectivity index (χ2v) is 7.57. The molecule has 0 aromatic heterocycles. The molecule has 0 aliphatic carbocycles. The zero-order valence-corrected chi connectivity index (χ0v) is 14.8. The smallest absolute Gasteiger partial charge is 0.252 e. The molecule has 2 N–H and O–H groups in total. The van der Waals surface area contributed by atoms with Crippen molar-refractivity contribution in [1.29, 1.82) is 0 Å². The Hall–Kier alpha value is -2.05. The molecule has 0 radical (unpaired) electrons. The summed E-state index contributed by atoms with van der Waals surface area (Å²) in [7, 11) is -3.26. The number of carbonyl (C=O) groups excluding carboxylic acids is 1. The first kappa shape index (κ1) is 18.3. The second-order valence-electron chi connectivity index (χ2n) is 5.41. The first-order chi connectivity index (χ1) is 11.3. The van der Waals surface area contributed by atoms with Gasteiger partial charge in [0.2, 0.25) is 10.0 Å². The quantitative estimate of drug-likeness (QED) is 0.739. The van der Waals surface area contributed by atoms with Gasteiger partial charge in [-0.3, -0.25) is 9.52 Å². The average Bonchev–Trinajstić information content (AvgIpc) is 2.52. The molecule has 0 saturated heterocycles. The molecular formula is C17H19ClN2O3S. The Morgan fingerprint density at radius 1 is 1.08 bits per heavy atom. The van der Waals surface area contributed by atoms with Gasteiger partial charge in [0, 0.05) is 12.2 Å². The third-order valence-electron chi connectivity index (χ3n) is 3.30. The largest absolute Gasteiger partial charge is 0.352 e. The number of hydrogen-bond donors (Lipinski definition) is 2. The van der Waals surface area contributed by atoms with Crippen LogP contribution in [0.15, 0.2) is 48.5 Å². The number of rotatable bonds is 7. The zero-order valence-electron chi connectivity index (χ0n) is 13.3. The molecule has 0 bridgehead atoms. The van der Waals surface area contributed by atoms with Gasteiger partial charge in [0.25, 0.3) is 5.91 Å². The maximum absolute atomic E-state index is 12.0. The summed E-state index contributed by atoms with van der Waals surface area (Å²) in [6.45, 7) is 0.535. The van der Waals surface area contributed by atoms with Crippen LogP contribution in [0.5, 0.6) is 0 Å². The molecule has 0 unspecified atom stereocenters. The Morgan fingerprint density at radius 3 is 2.38 bits per heavy atom. The fraction of sp³-hybridized carbons (Fsp3) is 0.235. The molecule has 2 rings (SSSR count).